The van der Waals surface area contributed by atoms with Crippen LogP contribution in [-0.2, 0) is 4.74 Å². The average molecular weight is 342 g/mol. The highest BCUT2D eigenvalue weighted by atomic mass is 79.9. The zero-order valence-electron chi connectivity index (χ0n) is 11.8. The third-order valence-corrected chi connectivity index (χ3v) is 5.60. The molecule has 0 aliphatic heterocycles. The van der Waals surface area contributed by atoms with E-state index < -0.39 is 0 Å². The number of hydrogen-bond donors (Lipinski definition) is 1. The Balaban J connectivity index is 1.74. The van der Waals surface area contributed by atoms with Crippen molar-refractivity contribution in [1.82, 2.24) is 0 Å². The molecule has 1 aromatic rings. The lowest BCUT2D eigenvalue weighted by molar-refractivity contribution is -0.114. The van der Waals surface area contributed by atoms with Crippen LogP contribution in [0.15, 0.2) is 22.7 Å². The molecule has 2 atom stereocenters. The fourth-order valence-electron chi connectivity index (χ4n) is 3.88. The molecule has 2 saturated carbocycles. The van der Waals surface area contributed by atoms with Crippen LogP contribution >= 0.6 is 15.9 Å². The highest BCUT2D eigenvalue weighted by Crippen LogP contribution is 2.55. The molecule has 2 aliphatic rings. The Bertz CT molecular complexity index is 487. The highest BCUT2D eigenvalue weighted by molar-refractivity contribution is 9.10. The summed E-state index contributed by atoms with van der Waals surface area (Å²) in [5.41, 5.74) is 1.28. The van der Waals surface area contributed by atoms with E-state index >= 15 is 0 Å². The fourth-order valence-corrected chi connectivity index (χ4v) is 4.35. The molecule has 110 valence electrons. The zero-order valence-corrected chi connectivity index (χ0v) is 13.4. The van der Waals surface area contributed by atoms with Crippen LogP contribution in [0.5, 0.6) is 0 Å². The van der Waals surface area contributed by atoms with Crippen molar-refractivity contribution in [2.75, 3.05) is 11.9 Å². The Kier molecular flexibility index (Phi) is 4.04. The molecule has 0 amide bonds. The van der Waals surface area contributed by atoms with Crippen LogP contribution in [0.4, 0.5) is 10.1 Å². The molecule has 0 bridgehead atoms. The first-order valence-corrected chi connectivity index (χ1v) is 8.28. The van der Waals surface area contributed by atoms with Gasteiger partial charge in [-0.3, -0.25) is 0 Å². The van der Waals surface area contributed by atoms with Crippen molar-refractivity contribution < 1.29 is 9.13 Å². The first-order chi connectivity index (χ1) is 9.65. The second kappa shape index (κ2) is 5.64. The predicted molar refractivity (Wildman–Crippen MR) is 82.4 cm³/mol. The molecule has 2 aliphatic carbocycles. The Morgan fingerprint density at radius 2 is 2.15 bits per heavy atom. The summed E-state index contributed by atoms with van der Waals surface area (Å²) in [4.78, 5) is 0. The summed E-state index contributed by atoms with van der Waals surface area (Å²) in [6.07, 6.45) is 6.53. The van der Waals surface area contributed by atoms with Gasteiger partial charge in [-0.15, -0.1) is 0 Å². The van der Waals surface area contributed by atoms with Crippen LogP contribution < -0.4 is 5.32 Å². The largest absolute Gasteiger partial charge is 0.381 e. The Morgan fingerprint density at radius 3 is 2.80 bits per heavy atom. The van der Waals surface area contributed by atoms with Gasteiger partial charge in [0.05, 0.1) is 6.10 Å². The number of halogens is 2. The van der Waals surface area contributed by atoms with E-state index in [0.717, 1.165) is 23.2 Å². The fraction of sp³-hybridized carbons (Fsp3) is 0.625. The van der Waals surface area contributed by atoms with E-state index in [2.05, 4.69) is 28.2 Å². The van der Waals surface area contributed by atoms with Gasteiger partial charge in [0.1, 0.15) is 5.82 Å². The Hall–Kier alpha value is -0.610. The van der Waals surface area contributed by atoms with Crippen molar-refractivity contribution in [2.45, 2.75) is 51.2 Å². The monoisotopic (exact) mass is 341 g/mol. The van der Waals surface area contributed by atoms with E-state index in [4.69, 9.17) is 4.74 Å². The minimum absolute atomic E-state index is 0.209. The molecule has 1 N–H and O–H groups in total. The molecule has 0 aromatic heterocycles. The van der Waals surface area contributed by atoms with E-state index in [-0.39, 0.29) is 5.82 Å². The SMILES string of the molecule is CCOC1CC(Nc2ccc(F)cc2Br)C12CCCC2. The average Bonchev–Trinajstić information content (AvgIpc) is 2.92. The summed E-state index contributed by atoms with van der Waals surface area (Å²) in [7, 11) is 0. The number of ether oxygens (including phenoxy) is 1. The predicted octanol–water partition coefficient (Wildman–Crippen LogP) is 4.74. The summed E-state index contributed by atoms with van der Waals surface area (Å²) in [6.45, 7) is 2.86. The van der Waals surface area contributed by atoms with E-state index in [0.29, 0.717) is 17.6 Å². The van der Waals surface area contributed by atoms with Gasteiger partial charge in [0.2, 0.25) is 0 Å². The van der Waals surface area contributed by atoms with Crippen molar-refractivity contribution in [3.63, 3.8) is 0 Å². The highest BCUT2D eigenvalue weighted by Gasteiger charge is 2.56. The van der Waals surface area contributed by atoms with Crippen molar-refractivity contribution in [1.29, 1.82) is 0 Å². The first kappa shape index (κ1) is 14.3. The standard InChI is InChI=1S/C16H21BrFNO/c1-2-20-15-10-14(16(15)7-3-4-8-16)19-13-6-5-11(18)9-12(13)17/h5-6,9,14-15,19H,2-4,7-8,10H2,1H3. The molecule has 1 aromatic carbocycles. The first-order valence-electron chi connectivity index (χ1n) is 7.49. The van der Waals surface area contributed by atoms with Crippen LogP contribution in [0.1, 0.15) is 39.0 Å². The summed E-state index contributed by atoms with van der Waals surface area (Å²) < 4.78 is 19.9. The molecule has 2 fully saturated rings. The summed E-state index contributed by atoms with van der Waals surface area (Å²) in [5.74, 6) is -0.209. The molecule has 3 rings (SSSR count). The van der Waals surface area contributed by atoms with Crippen molar-refractivity contribution in [2.24, 2.45) is 5.41 Å². The molecule has 20 heavy (non-hydrogen) atoms. The zero-order chi connectivity index (χ0) is 14.2. The van der Waals surface area contributed by atoms with Gasteiger partial charge in [-0.05, 0) is 60.3 Å². The molecule has 4 heteroatoms. The number of anilines is 1. The van der Waals surface area contributed by atoms with E-state index in [1.807, 2.05) is 6.07 Å². The molecular weight excluding hydrogens is 321 g/mol. The van der Waals surface area contributed by atoms with Crippen LogP contribution in [0.3, 0.4) is 0 Å². The maximum atomic E-state index is 13.2. The van der Waals surface area contributed by atoms with Crippen molar-refractivity contribution in [3.8, 4) is 0 Å². The number of rotatable bonds is 4. The van der Waals surface area contributed by atoms with E-state index in [1.54, 1.807) is 0 Å². The molecule has 0 radical (unpaired) electrons. The second-order valence-corrected chi connectivity index (χ2v) is 6.80. The molecule has 2 unspecified atom stereocenters. The lowest BCUT2D eigenvalue weighted by Crippen LogP contribution is -2.60. The summed E-state index contributed by atoms with van der Waals surface area (Å²) in [5, 5.41) is 3.60. The lowest BCUT2D eigenvalue weighted by Gasteiger charge is -2.54. The second-order valence-electron chi connectivity index (χ2n) is 5.94. The van der Waals surface area contributed by atoms with Crippen molar-refractivity contribution >= 4 is 21.6 Å². The van der Waals surface area contributed by atoms with Gasteiger partial charge in [0, 0.05) is 28.2 Å². The van der Waals surface area contributed by atoms with E-state index in [9.17, 15) is 4.39 Å². The maximum absolute atomic E-state index is 13.2. The van der Waals surface area contributed by atoms with Crippen LogP contribution in [0.25, 0.3) is 0 Å². The Labute approximate surface area is 128 Å². The van der Waals surface area contributed by atoms with Crippen LogP contribution in [0, 0.1) is 11.2 Å². The summed E-state index contributed by atoms with van der Waals surface area (Å²) >= 11 is 3.44. The number of benzene rings is 1. The number of nitrogens with one attached hydrogen (secondary N) is 1. The van der Waals surface area contributed by atoms with Gasteiger partial charge in [-0.2, -0.15) is 0 Å². The molecule has 1 spiro atoms. The van der Waals surface area contributed by atoms with Crippen molar-refractivity contribution in [3.05, 3.63) is 28.5 Å². The maximum Gasteiger partial charge on any atom is 0.124 e. The molecular formula is C16H21BrFNO. The molecule has 0 heterocycles. The third-order valence-electron chi connectivity index (χ3n) is 4.95. The summed E-state index contributed by atoms with van der Waals surface area (Å²) in [6, 6.07) is 5.29. The minimum atomic E-state index is -0.209. The molecule has 0 saturated heterocycles. The quantitative estimate of drug-likeness (QED) is 0.854. The topological polar surface area (TPSA) is 21.3 Å². The minimum Gasteiger partial charge on any atom is -0.381 e. The van der Waals surface area contributed by atoms with Gasteiger partial charge < -0.3 is 10.1 Å². The smallest absolute Gasteiger partial charge is 0.124 e. The van der Waals surface area contributed by atoms with E-state index in [1.165, 1.54) is 37.8 Å². The van der Waals surface area contributed by atoms with Gasteiger partial charge >= 0.3 is 0 Å². The molecule has 2 nitrogen and oxygen atoms in total. The Morgan fingerprint density at radius 1 is 1.40 bits per heavy atom. The van der Waals surface area contributed by atoms with Gasteiger partial charge in [-0.1, -0.05) is 12.8 Å². The normalized spacial score (nSPS) is 27.6. The number of hydrogen-bond acceptors (Lipinski definition) is 2. The van der Waals surface area contributed by atoms with Gasteiger partial charge in [0.15, 0.2) is 0 Å². The lowest BCUT2D eigenvalue weighted by atomic mass is 9.60. The third kappa shape index (κ3) is 2.37. The van der Waals surface area contributed by atoms with Gasteiger partial charge in [0.25, 0.3) is 0 Å². The van der Waals surface area contributed by atoms with Crippen LogP contribution in [-0.4, -0.2) is 18.8 Å². The van der Waals surface area contributed by atoms with Gasteiger partial charge in [-0.25, -0.2) is 4.39 Å². The van der Waals surface area contributed by atoms with Crippen LogP contribution in [0.2, 0.25) is 0 Å².